The van der Waals surface area contributed by atoms with E-state index < -0.39 is 0 Å². The quantitative estimate of drug-likeness (QED) is 0.808. The molecular formula is C16H18N2O. The van der Waals surface area contributed by atoms with Crippen LogP contribution in [-0.4, -0.2) is 21.9 Å². The lowest BCUT2D eigenvalue weighted by atomic mass is 10.0. The summed E-state index contributed by atoms with van der Waals surface area (Å²) in [5, 5.41) is 0. The zero-order chi connectivity index (χ0) is 13.2. The van der Waals surface area contributed by atoms with Crippen molar-refractivity contribution in [2.24, 2.45) is 7.05 Å². The average molecular weight is 254 g/mol. The molecule has 1 atom stereocenters. The van der Waals surface area contributed by atoms with Crippen molar-refractivity contribution in [3.63, 3.8) is 0 Å². The Morgan fingerprint density at radius 3 is 2.63 bits per heavy atom. The van der Waals surface area contributed by atoms with Crippen LogP contribution in [-0.2, 0) is 7.05 Å². The topological polar surface area (TPSA) is 25.2 Å². The first kappa shape index (κ1) is 12.0. The maximum absolute atomic E-state index is 12.6. The average Bonchev–Trinajstić information content (AvgIpc) is 3.07. The van der Waals surface area contributed by atoms with Crippen LogP contribution in [0.4, 0.5) is 0 Å². The number of hydrogen-bond donors (Lipinski definition) is 0. The number of amides is 1. The van der Waals surface area contributed by atoms with Crippen LogP contribution >= 0.6 is 0 Å². The number of aryl methyl sites for hydroxylation is 1. The second kappa shape index (κ2) is 4.92. The Bertz CT molecular complexity index is 573. The van der Waals surface area contributed by atoms with E-state index in [-0.39, 0.29) is 11.9 Å². The van der Waals surface area contributed by atoms with Crippen LogP contribution in [0.25, 0.3) is 0 Å². The fourth-order valence-corrected chi connectivity index (χ4v) is 2.86. The van der Waals surface area contributed by atoms with Crippen molar-refractivity contribution in [2.45, 2.75) is 18.9 Å². The Morgan fingerprint density at radius 1 is 1.16 bits per heavy atom. The first-order chi connectivity index (χ1) is 9.27. The number of nitrogens with zero attached hydrogens (tertiary/aromatic N) is 2. The molecule has 3 nitrogen and oxygen atoms in total. The van der Waals surface area contributed by atoms with Crippen LogP contribution in [0.15, 0.2) is 48.7 Å². The number of carbonyl (C=O) groups is 1. The lowest BCUT2D eigenvalue weighted by molar-refractivity contribution is 0.0726. The Hall–Kier alpha value is -2.03. The molecule has 3 heteroatoms. The summed E-state index contributed by atoms with van der Waals surface area (Å²) in [4.78, 5) is 14.6. The van der Waals surface area contributed by atoms with Gasteiger partial charge < -0.3 is 9.47 Å². The number of hydrogen-bond acceptors (Lipinski definition) is 1. The molecule has 1 aliphatic rings. The molecular weight excluding hydrogens is 236 g/mol. The van der Waals surface area contributed by atoms with Gasteiger partial charge in [0, 0.05) is 19.8 Å². The SMILES string of the molecule is Cn1cccc1C(=O)N1CCCC1c1ccccc1. The van der Waals surface area contributed by atoms with E-state index in [1.165, 1.54) is 5.56 Å². The largest absolute Gasteiger partial charge is 0.347 e. The third-order valence-electron chi connectivity index (χ3n) is 3.86. The number of benzene rings is 1. The van der Waals surface area contributed by atoms with E-state index in [1.54, 1.807) is 0 Å². The van der Waals surface area contributed by atoms with Gasteiger partial charge in [-0.15, -0.1) is 0 Å². The van der Waals surface area contributed by atoms with Gasteiger partial charge in [0.2, 0.25) is 0 Å². The molecule has 2 heterocycles. The Kier molecular flexibility index (Phi) is 3.11. The van der Waals surface area contributed by atoms with Gasteiger partial charge in [0.05, 0.1) is 6.04 Å². The summed E-state index contributed by atoms with van der Waals surface area (Å²) in [5.74, 6) is 0.138. The molecule has 1 aliphatic heterocycles. The fourth-order valence-electron chi connectivity index (χ4n) is 2.86. The second-order valence-corrected chi connectivity index (χ2v) is 5.07. The summed E-state index contributed by atoms with van der Waals surface area (Å²) in [7, 11) is 1.92. The predicted molar refractivity (Wildman–Crippen MR) is 74.9 cm³/mol. The molecule has 0 bridgehead atoms. The van der Waals surface area contributed by atoms with E-state index in [0.717, 1.165) is 25.1 Å². The molecule has 98 valence electrons. The summed E-state index contributed by atoms with van der Waals surface area (Å²) >= 11 is 0. The standard InChI is InChI=1S/C16H18N2O/c1-17-11-5-10-15(17)16(19)18-12-6-9-14(18)13-7-3-2-4-8-13/h2-5,7-8,10-11,14H,6,9,12H2,1H3. The van der Waals surface area contributed by atoms with E-state index >= 15 is 0 Å². The summed E-state index contributed by atoms with van der Waals surface area (Å²) < 4.78 is 1.89. The molecule has 1 aromatic carbocycles. The van der Waals surface area contributed by atoms with E-state index in [0.29, 0.717) is 0 Å². The maximum Gasteiger partial charge on any atom is 0.270 e. The van der Waals surface area contributed by atoms with Crippen LogP contribution in [0.5, 0.6) is 0 Å². The van der Waals surface area contributed by atoms with E-state index in [9.17, 15) is 4.79 Å². The highest BCUT2D eigenvalue weighted by Crippen LogP contribution is 2.32. The van der Waals surface area contributed by atoms with Crippen molar-refractivity contribution in [1.82, 2.24) is 9.47 Å². The molecule has 19 heavy (non-hydrogen) atoms. The van der Waals surface area contributed by atoms with Crippen LogP contribution in [0.2, 0.25) is 0 Å². The van der Waals surface area contributed by atoms with Gasteiger partial charge in [-0.3, -0.25) is 4.79 Å². The van der Waals surface area contributed by atoms with E-state index in [4.69, 9.17) is 0 Å². The maximum atomic E-state index is 12.6. The molecule has 2 aromatic rings. The van der Waals surface area contributed by atoms with Gasteiger partial charge in [0.25, 0.3) is 5.91 Å². The highest BCUT2D eigenvalue weighted by molar-refractivity contribution is 5.93. The van der Waals surface area contributed by atoms with Gasteiger partial charge in [-0.2, -0.15) is 0 Å². The van der Waals surface area contributed by atoms with Gasteiger partial charge >= 0.3 is 0 Å². The van der Waals surface area contributed by atoms with Gasteiger partial charge in [0.1, 0.15) is 5.69 Å². The highest BCUT2D eigenvalue weighted by atomic mass is 16.2. The molecule has 1 fully saturated rings. The molecule has 3 rings (SSSR count). The molecule has 1 unspecified atom stereocenters. The van der Waals surface area contributed by atoms with Gasteiger partial charge in [-0.05, 0) is 30.5 Å². The minimum Gasteiger partial charge on any atom is -0.347 e. The van der Waals surface area contributed by atoms with Crippen molar-refractivity contribution in [1.29, 1.82) is 0 Å². The first-order valence-electron chi connectivity index (χ1n) is 6.74. The van der Waals surface area contributed by atoms with Gasteiger partial charge in [0.15, 0.2) is 0 Å². The Balaban J connectivity index is 1.88. The normalized spacial score (nSPS) is 18.8. The van der Waals surface area contributed by atoms with Crippen LogP contribution in [0.3, 0.4) is 0 Å². The summed E-state index contributed by atoms with van der Waals surface area (Å²) in [6, 6.07) is 14.4. The number of rotatable bonds is 2. The van der Waals surface area contributed by atoms with Crippen molar-refractivity contribution in [3.05, 3.63) is 59.9 Å². The molecule has 1 amide bonds. The third-order valence-corrected chi connectivity index (χ3v) is 3.86. The van der Waals surface area contributed by atoms with Crippen LogP contribution in [0, 0.1) is 0 Å². The molecule has 0 N–H and O–H groups in total. The molecule has 0 aliphatic carbocycles. The minimum atomic E-state index is 0.138. The fraction of sp³-hybridized carbons (Fsp3) is 0.312. The monoisotopic (exact) mass is 254 g/mol. The van der Waals surface area contributed by atoms with Gasteiger partial charge in [-0.1, -0.05) is 30.3 Å². The van der Waals surface area contributed by atoms with Crippen molar-refractivity contribution >= 4 is 5.91 Å². The zero-order valence-corrected chi connectivity index (χ0v) is 11.1. The Labute approximate surface area is 113 Å². The molecule has 1 aromatic heterocycles. The molecule has 0 radical (unpaired) electrons. The van der Waals surface area contributed by atoms with Crippen LogP contribution in [0.1, 0.15) is 34.9 Å². The third kappa shape index (κ3) is 2.16. The predicted octanol–water partition coefficient (Wildman–Crippen LogP) is 3.00. The highest BCUT2D eigenvalue weighted by Gasteiger charge is 2.31. The molecule has 0 saturated carbocycles. The van der Waals surface area contributed by atoms with Gasteiger partial charge in [-0.25, -0.2) is 0 Å². The zero-order valence-electron chi connectivity index (χ0n) is 11.1. The minimum absolute atomic E-state index is 0.138. The lowest BCUT2D eigenvalue weighted by Crippen LogP contribution is -2.31. The summed E-state index contributed by atoms with van der Waals surface area (Å²) in [6.45, 7) is 0.851. The number of aromatic nitrogens is 1. The summed E-state index contributed by atoms with van der Waals surface area (Å²) in [5.41, 5.74) is 2.00. The number of carbonyl (C=O) groups excluding carboxylic acids is 1. The smallest absolute Gasteiger partial charge is 0.270 e. The molecule has 0 spiro atoms. The van der Waals surface area contributed by atoms with Crippen LogP contribution < -0.4 is 0 Å². The second-order valence-electron chi connectivity index (χ2n) is 5.07. The lowest BCUT2D eigenvalue weighted by Gasteiger charge is -2.25. The number of likely N-dealkylation sites (tertiary alicyclic amines) is 1. The Morgan fingerprint density at radius 2 is 1.95 bits per heavy atom. The first-order valence-corrected chi connectivity index (χ1v) is 6.74. The van der Waals surface area contributed by atoms with E-state index in [1.807, 2.05) is 53.0 Å². The van der Waals surface area contributed by atoms with E-state index in [2.05, 4.69) is 12.1 Å². The summed E-state index contributed by atoms with van der Waals surface area (Å²) in [6.07, 6.45) is 4.05. The van der Waals surface area contributed by atoms with Crippen molar-refractivity contribution in [3.8, 4) is 0 Å². The van der Waals surface area contributed by atoms with Crippen molar-refractivity contribution in [2.75, 3.05) is 6.54 Å². The van der Waals surface area contributed by atoms with Crippen molar-refractivity contribution < 1.29 is 4.79 Å². The molecule has 1 saturated heterocycles.